The van der Waals surface area contributed by atoms with Crippen molar-refractivity contribution in [1.82, 2.24) is 14.8 Å². The molecule has 1 saturated carbocycles. The van der Waals surface area contributed by atoms with E-state index in [4.69, 9.17) is 4.74 Å². The normalized spacial score (nSPS) is 17.2. The third-order valence-electron chi connectivity index (χ3n) is 3.04. The zero-order valence-electron chi connectivity index (χ0n) is 9.93. The Balaban J connectivity index is 2.27. The molecule has 5 nitrogen and oxygen atoms in total. The number of ether oxygens (including phenoxy) is 1. The van der Waals surface area contributed by atoms with Crippen molar-refractivity contribution in [3.8, 4) is 0 Å². The molecule has 1 aliphatic rings. The first kappa shape index (κ1) is 11.1. The Morgan fingerprint density at radius 3 is 2.81 bits per heavy atom. The highest BCUT2D eigenvalue weighted by atomic mass is 16.5. The Morgan fingerprint density at radius 2 is 2.25 bits per heavy atom. The summed E-state index contributed by atoms with van der Waals surface area (Å²) in [5, 5.41) is 7.87. The van der Waals surface area contributed by atoms with Crippen LogP contribution in [0.1, 0.15) is 49.2 Å². The van der Waals surface area contributed by atoms with Gasteiger partial charge in [0.05, 0.1) is 6.61 Å². The molecule has 0 bridgehead atoms. The number of aryl methyl sites for hydroxylation is 1. The number of carbonyl (C=O) groups excluding carboxylic acids is 1. The minimum Gasteiger partial charge on any atom is -0.460 e. The van der Waals surface area contributed by atoms with Crippen LogP contribution in [0.15, 0.2) is 0 Å². The molecule has 1 atom stereocenters. The van der Waals surface area contributed by atoms with Gasteiger partial charge < -0.3 is 9.30 Å². The second kappa shape index (κ2) is 4.23. The summed E-state index contributed by atoms with van der Waals surface area (Å²) in [5.74, 6) is 1.39. The first-order valence-corrected chi connectivity index (χ1v) is 5.73. The fourth-order valence-corrected chi connectivity index (χ4v) is 1.98. The molecule has 0 N–H and O–H groups in total. The largest absolute Gasteiger partial charge is 0.460 e. The average Bonchev–Trinajstić information content (AvgIpc) is 3.01. The van der Waals surface area contributed by atoms with Gasteiger partial charge in [-0.15, -0.1) is 10.2 Å². The SMILES string of the molecule is CCOC(=O)c1nnc(C)n1C(C)C1CC1. The first-order valence-electron chi connectivity index (χ1n) is 5.73. The van der Waals surface area contributed by atoms with E-state index in [0.717, 1.165) is 5.82 Å². The van der Waals surface area contributed by atoms with Crippen molar-refractivity contribution >= 4 is 5.97 Å². The van der Waals surface area contributed by atoms with Crippen LogP contribution in [0.4, 0.5) is 0 Å². The lowest BCUT2D eigenvalue weighted by molar-refractivity contribution is 0.0502. The van der Waals surface area contributed by atoms with Crippen molar-refractivity contribution < 1.29 is 9.53 Å². The second-order valence-corrected chi connectivity index (χ2v) is 4.24. The van der Waals surface area contributed by atoms with E-state index >= 15 is 0 Å². The quantitative estimate of drug-likeness (QED) is 0.729. The van der Waals surface area contributed by atoms with Gasteiger partial charge in [0.25, 0.3) is 0 Å². The molecule has 88 valence electrons. The molecule has 0 spiro atoms. The number of esters is 1. The molecule has 16 heavy (non-hydrogen) atoms. The van der Waals surface area contributed by atoms with Gasteiger partial charge in [-0.1, -0.05) is 0 Å². The molecule has 0 radical (unpaired) electrons. The summed E-state index contributed by atoms with van der Waals surface area (Å²) < 4.78 is 6.87. The molecule has 1 fully saturated rings. The standard InChI is InChI=1S/C11H17N3O2/c1-4-16-11(15)10-13-12-8(3)14(10)7(2)9-5-6-9/h7,9H,4-6H2,1-3H3. The number of rotatable bonds is 4. The molecule has 0 saturated heterocycles. The summed E-state index contributed by atoms with van der Waals surface area (Å²) in [7, 11) is 0. The van der Waals surface area contributed by atoms with Crippen LogP contribution in [0.3, 0.4) is 0 Å². The third kappa shape index (κ3) is 1.94. The molecule has 1 heterocycles. The van der Waals surface area contributed by atoms with Gasteiger partial charge in [0.1, 0.15) is 5.82 Å². The third-order valence-corrected chi connectivity index (χ3v) is 3.04. The van der Waals surface area contributed by atoms with Gasteiger partial charge >= 0.3 is 5.97 Å². The maximum atomic E-state index is 11.7. The van der Waals surface area contributed by atoms with Crippen LogP contribution in [0, 0.1) is 12.8 Å². The molecule has 0 aromatic carbocycles. The highest BCUT2D eigenvalue weighted by molar-refractivity contribution is 5.85. The summed E-state index contributed by atoms with van der Waals surface area (Å²) in [4.78, 5) is 11.7. The van der Waals surface area contributed by atoms with Gasteiger partial charge in [-0.3, -0.25) is 0 Å². The Bertz CT molecular complexity index is 396. The molecule has 1 aromatic rings. The Hall–Kier alpha value is -1.39. The van der Waals surface area contributed by atoms with Crippen LogP contribution in [0.2, 0.25) is 0 Å². The summed E-state index contributed by atoms with van der Waals surface area (Å²) in [5.41, 5.74) is 0. The Labute approximate surface area is 94.8 Å². The second-order valence-electron chi connectivity index (χ2n) is 4.24. The molecule has 1 aromatic heterocycles. The van der Waals surface area contributed by atoms with Crippen LogP contribution in [-0.2, 0) is 4.74 Å². The number of aromatic nitrogens is 3. The number of nitrogens with zero attached hydrogens (tertiary/aromatic N) is 3. The lowest BCUT2D eigenvalue weighted by Gasteiger charge is -2.15. The molecule has 1 aliphatic carbocycles. The summed E-state index contributed by atoms with van der Waals surface area (Å²) in [6.07, 6.45) is 2.45. The minimum absolute atomic E-state index is 0.286. The van der Waals surface area contributed by atoms with Gasteiger partial charge in [-0.2, -0.15) is 0 Å². The summed E-state index contributed by atoms with van der Waals surface area (Å²) >= 11 is 0. The van der Waals surface area contributed by atoms with Crippen molar-refractivity contribution in [2.45, 2.75) is 39.7 Å². The fraction of sp³-hybridized carbons (Fsp3) is 0.727. The highest BCUT2D eigenvalue weighted by Crippen LogP contribution is 2.40. The first-order chi connectivity index (χ1) is 7.65. The van der Waals surface area contributed by atoms with Crippen molar-refractivity contribution in [2.75, 3.05) is 6.61 Å². The maximum absolute atomic E-state index is 11.7. The lowest BCUT2D eigenvalue weighted by atomic mass is 10.2. The van der Waals surface area contributed by atoms with E-state index in [1.807, 2.05) is 11.5 Å². The zero-order chi connectivity index (χ0) is 11.7. The average molecular weight is 223 g/mol. The van der Waals surface area contributed by atoms with Gasteiger partial charge in [0.2, 0.25) is 5.82 Å². The van der Waals surface area contributed by atoms with Gasteiger partial charge in [0, 0.05) is 6.04 Å². The molecule has 0 amide bonds. The van der Waals surface area contributed by atoms with E-state index in [-0.39, 0.29) is 12.0 Å². The summed E-state index contributed by atoms with van der Waals surface area (Å²) in [6, 6.07) is 0.286. The molecule has 1 unspecified atom stereocenters. The van der Waals surface area contributed by atoms with E-state index in [9.17, 15) is 4.79 Å². The van der Waals surface area contributed by atoms with E-state index < -0.39 is 0 Å². The van der Waals surface area contributed by atoms with Crippen molar-refractivity contribution in [3.63, 3.8) is 0 Å². The van der Waals surface area contributed by atoms with Crippen LogP contribution in [-0.4, -0.2) is 27.3 Å². The zero-order valence-corrected chi connectivity index (χ0v) is 9.93. The summed E-state index contributed by atoms with van der Waals surface area (Å²) in [6.45, 7) is 6.13. The van der Waals surface area contributed by atoms with Crippen LogP contribution < -0.4 is 0 Å². The predicted molar refractivity (Wildman–Crippen MR) is 58.2 cm³/mol. The molecule has 0 aliphatic heterocycles. The van der Waals surface area contributed by atoms with Crippen LogP contribution in [0.25, 0.3) is 0 Å². The van der Waals surface area contributed by atoms with Crippen LogP contribution >= 0.6 is 0 Å². The van der Waals surface area contributed by atoms with E-state index in [2.05, 4.69) is 17.1 Å². The molecular formula is C11H17N3O2. The fourth-order valence-electron chi connectivity index (χ4n) is 1.98. The van der Waals surface area contributed by atoms with Crippen LogP contribution in [0.5, 0.6) is 0 Å². The van der Waals surface area contributed by atoms with E-state index in [1.54, 1.807) is 6.92 Å². The molecular weight excluding hydrogens is 206 g/mol. The van der Waals surface area contributed by atoms with E-state index in [1.165, 1.54) is 12.8 Å². The van der Waals surface area contributed by atoms with Gasteiger partial charge in [0.15, 0.2) is 0 Å². The van der Waals surface area contributed by atoms with Crippen molar-refractivity contribution in [2.24, 2.45) is 5.92 Å². The van der Waals surface area contributed by atoms with Crippen molar-refractivity contribution in [3.05, 3.63) is 11.6 Å². The van der Waals surface area contributed by atoms with Crippen molar-refractivity contribution in [1.29, 1.82) is 0 Å². The highest BCUT2D eigenvalue weighted by Gasteiger charge is 2.33. The molecule has 5 heteroatoms. The monoisotopic (exact) mass is 223 g/mol. The Morgan fingerprint density at radius 1 is 1.56 bits per heavy atom. The van der Waals surface area contributed by atoms with Gasteiger partial charge in [-0.25, -0.2) is 4.79 Å². The topological polar surface area (TPSA) is 57.0 Å². The number of hydrogen-bond donors (Lipinski definition) is 0. The maximum Gasteiger partial charge on any atom is 0.376 e. The predicted octanol–water partition coefficient (Wildman–Crippen LogP) is 1.73. The van der Waals surface area contributed by atoms with Gasteiger partial charge in [-0.05, 0) is 39.5 Å². The smallest absolute Gasteiger partial charge is 0.376 e. The molecule has 2 rings (SSSR count). The minimum atomic E-state index is -0.379. The number of carbonyl (C=O) groups is 1. The number of hydrogen-bond acceptors (Lipinski definition) is 4. The van der Waals surface area contributed by atoms with E-state index in [0.29, 0.717) is 18.3 Å². The Kier molecular flexibility index (Phi) is 2.94. The lowest BCUT2D eigenvalue weighted by Crippen LogP contribution is -2.18.